The molecule has 0 saturated heterocycles. The molecule has 3 rings (SSSR count). The Morgan fingerprint density at radius 1 is 0.750 bits per heavy atom. The Labute approximate surface area is 169 Å². The van der Waals surface area contributed by atoms with Gasteiger partial charge in [0.25, 0.3) is 0 Å². The Kier molecular flexibility index (Phi) is 7.69. The molecule has 0 fully saturated rings. The highest BCUT2D eigenvalue weighted by Gasteiger charge is 2.13. The smallest absolute Gasteiger partial charge is 0.203 e. The van der Waals surface area contributed by atoms with Crippen LogP contribution in [0.2, 0.25) is 0 Å². The Bertz CT molecular complexity index is 797. The minimum Gasteiger partial charge on any atom is -0.465 e. The molecule has 2 unspecified atom stereocenters. The van der Waals surface area contributed by atoms with Crippen molar-refractivity contribution in [2.45, 2.75) is 45.3 Å². The molecule has 2 nitrogen and oxygen atoms in total. The molecule has 0 amide bonds. The summed E-state index contributed by atoms with van der Waals surface area (Å²) in [4.78, 5) is 0. The van der Waals surface area contributed by atoms with E-state index in [9.17, 15) is 0 Å². The van der Waals surface area contributed by atoms with E-state index in [2.05, 4.69) is 86.6 Å². The lowest BCUT2D eigenvalue weighted by Crippen LogP contribution is -2.24. The largest absolute Gasteiger partial charge is 0.465 e. The number of hydrogen-bond acceptors (Lipinski definition) is 2. The van der Waals surface area contributed by atoms with Crippen molar-refractivity contribution < 1.29 is 9.47 Å². The molecule has 2 atom stereocenters. The second-order valence-corrected chi connectivity index (χ2v) is 7.22. The SMILES string of the molecule is CCC(C)c1ccc(OC(Cc2ccccc2)OCCc2ccccc2)cc1. The molecule has 0 aliphatic heterocycles. The van der Waals surface area contributed by atoms with Gasteiger partial charge in [0.1, 0.15) is 5.75 Å². The van der Waals surface area contributed by atoms with Crippen LogP contribution in [-0.4, -0.2) is 12.9 Å². The summed E-state index contributed by atoms with van der Waals surface area (Å²) in [5.41, 5.74) is 3.83. The first-order valence-electron chi connectivity index (χ1n) is 10.2. The molecule has 0 aliphatic rings. The van der Waals surface area contributed by atoms with Crippen LogP contribution in [0.3, 0.4) is 0 Å². The molecule has 0 aromatic heterocycles. The maximum atomic E-state index is 6.20. The summed E-state index contributed by atoms with van der Waals surface area (Å²) in [5.74, 6) is 1.42. The normalized spacial score (nSPS) is 13.1. The molecule has 2 heteroatoms. The summed E-state index contributed by atoms with van der Waals surface area (Å²) in [6, 6.07) is 29.2. The summed E-state index contributed by atoms with van der Waals surface area (Å²) in [6.07, 6.45) is 2.44. The van der Waals surface area contributed by atoms with E-state index >= 15 is 0 Å². The van der Waals surface area contributed by atoms with Gasteiger partial charge in [-0.25, -0.2) is 0 Å². The van der Waals surface area contributed by atoms with E-state index in [1.807, 2.05) is 12.1 Å². The number of benzene rings is 3. The summed E-state index contributed by atoms with van der Waals surface area (Å²) in [7, 11) is 0. The van der Waals surface area contributed by atoms with Crippen molar-refractivity contribution in [3.05, 3.63) is 102 Å². The van der Waals surface area contributed by atoms with E-state index in [1.54, 1.807) is 0 Å². The van der Waals surface area contributed by atoms with Crippen molar-refractivity contribution in [2.24, 2.45) is 0 Å². The topological polar surface area (TPSA) is 18.5 Å². The lowest BCUT2D eigenvalue weighted by molar-refractivity contribution is -0.0779. The van der Waals surface area contributed by atoms with Crippen molar-refractivity contribution in [3.63, 3.8) is 0 Å². The Balaban J connectivity index is 1.63. The van der Waals surface area contributed by atoms with Gasteiger partial charge in [-0.1, -0.05) is 86.6 Å². The van der Waals surface area contributed by atoms with E-state index in [0.29, 0.717) is 12.5 Å². The van der Waals surface area contributed by atoms with Crippen molar-refractivity contribution in [3.8, 4) is 5.75 Å². The first-order valence-corrected chi connectivity index (χ1v) is 10.2. The molecule has 0 radical (unpaired) electrons. The van der Waals surface area contributed by atoms with Crippen molar-refractivity contribution in [1.29, 1.82) is 0 Å². The third-order valence-corrected chi connectivity index (χ3v) is 5.11. The Morgan fingerprint density at radius 3 is 1.96 bits per heavy atom. The van der Waals surface area contributed by atoms with Crippen molar-refractivity contribution >= 4 is 0 Å². The number of ether oxygens (including phenoxy) is 2. The second kappa shape index (κ2) is 10.7. The van der Waals surface area contributed by atoms with Gasteiger partial charge in [0.05, 0.1) is 6.61 Å². The molecule has 0 aliphatic carbocycles. The van der Waals surface area contributed by atoms with Crippen molar-refractivity contribution in [1.82, 2.24) is 0 Å². The zero-order valence-electron chi connectivity index (χ0n) is 16.9. The van der Waals surface area contributed by atoms with Gasteiger partial charge >= 0.3 is 0 Å². The number of rotatable bonds is 10. The van der Waals surface area contributed by atoms with Gasteiger partial charge < -0.3 is 9.47 Å². The summed E-state index contributed by atoms with van der Waals surface area (Å²) < 4.78 is 12.3. The molecular weight excluding hydrogens is 344 g/mol. The van der Waals surface area contributed by atoms with Crippen LogP contribution in [0.4, 0.5) is 0 Å². The fourth-order valence-electron chi connectivity index (χ4n) is 3.16. The fraction of sp³-hybridized carbons (Fsp3) is 0.308. The maximum Gasteiger partial charge on any atom is 0.203 e. The van der Waals surface area contributed by atoms with Crippen LogP contribution in [0.15, 0.2) is 84.9 Å². The monoisotopic (exact) mass is 374 g/mol. The lowest BCUT2D eigenvalue weighted by Gasteiger charge is -2.20. The highest BCUT2D eigenvalue weighted by atomic mass is 16.7. The third-order valence-electron chi connectivity index (χ3n) is 5.11. The molecule has 146 valence electrons. The highest BCUT2D eigenvalue weighted by Crippen LogP contribution is 2.23. The molecule has 0 saturated carbocycles. The zero-order valence-corrected chi connectivity index (χ0v) is 16.9. The quantitative estimate of drug-likeness (QED) is 0.382. The summed E-state index contributed by atoms with van der Waals surface area (Å²) in [5, 5.41) is 0. The number of hydrogen-bond donors (Lipinski definition) is 0. The first kappa shape index (κ1) is 20.2. The fourth-order valence-corrected chi connectivity index (χ4v) is 3.16. The molecule has 3 aromatic rings. The third kappa shape index (κ3) is 6.24. The second-order valence-electron chi connectivity index (χ2n) is 7.22. The van der Waals surface area contributed by atoms with Crippen molar-refractivity contribution in [2.75, 3.05) is 6.61 Å². The minimum atomic E-state index is -0.305. The zero-order chi connectivity index (χ0) is 19.6. The molecule has 0 spiro atoms. The van der Waals surface area contributed by atoms with Crippen LogP contribution < -0.4 is 4.74 Å². The van der Waals surface area contributed by atoms with Gasteiger partial charge in [-0.15, -0.1) is 0 Å². The Morgan fingerprint density at radius 2 is 1.36 bits per heavy atom. The molecule has 3 aromatic carbocycles. The molecule has 0 bridgehead atoms. The van der Waals surface area contributed by atoms with Gasteiger partial charge in [-0.05, 0) is 47.6 Å². The van der Waals surface area contributed by atoms with Gasteiger partial charge in [-0.2, -0.15) is 0 Å². The predicted octanol–water partition coefficient (Wildman–Crippen LogP) is 6.41. The van der Waals surface area contributed by atoms with Gasteiger partial charge in [0.2, 0.25) is 6.29 Å². The van der Waals surface area contributed by atoms with Crippen LogP contribution in [0, 0.1) is 0 Å². The highest BCUT2D eigenvalue weighted by molar-refractivity contribution is 5.29. The van der Waals surface area contributed by atoms with Gasteiger partial charge in [0, 0.05) is 6.42 Å². The van der Waals surface area contributed by atoms with Crippen LogP contribution >= 0.6 is 0 Å². The minimum absolute atomic E-state index is 0.305. The standard InChI is InChI=1S/C26H30O2/c1-3-21(2)24-14-16-25(17-15-24)28-26(20-23-12-8-5-9-13-23)27-19-18-22-10-6-4-7-11-22/h4-17,21,26H,3,18-20H2,1-2H3. The molecule has 28 heavy (non-hydrogen) atoms. The Hall–Kier alpha value is -2.58. The van der Waals surface area contributed by atoms with Crippen LogP contribution in [0.25, 0.3) is 0 Å². The lowest BCUT2D eigenvalue weighted by atomic mass is 9.99. The van der Waals surface area contributed by atoms with Crippen LogP contribution in [0.1, 0.15) is 42.9 Å². The first-order chi connectivity index (χ1) is 13.7. The van der Waals surface area contributed by atoms with E-state index in [-0.39, 0.29) is 6.29 Å². The maximum absolute atomic E-state index is 6.20. The van der Waals surface area contributed by atoms with Crippen LogP contribution in [0.5, 0.6) is 5.75 Å². The van der Waals surface area contributed by atoms with Gasteiger partial charge in [-0.3, -0.25) is 0 Å². The predicted molar refractivity (Wildman–Crippen MR) is 116 cm³/mol. The average molecular weight is 375 g/mol. The van der Waals surface area contributed by atoms with E-state index in [0.717, 1.165) is 25.0 Å². The molecular formula is C26H30O2. The van der Waals surface area contributed by atoms with E-state index in [4.69, 9.17) is 9.47 Å². The van der Waals surface area contributed by atoms with E-state index < -0.39 is 0 Å². The molecule has 0 N–H and O–H groups in total. The van der Waals surface area contributed by atoms with Crippen LogP contribution in [-0.2, 0) is 17.6 Å². The van der Waals surface area contributed by atoms with Gasteiger partial charge in [0.15, 0.2) is 0 Å². The summed E-state index contributed by atoms with van der Waals surface area (Å²) >= 11 is 0. The average Bonchev–Trinajstić information content (AvgIpc) is 2.75. The molecule has 0 heterocycles. The summed E-state index contributed by atoms with van der Waals surface area (Å²) in [6.45, 7) is 5.10. The van der Waals surface area contributed by atoms with E-state index in [1.165, 1.54) is 16.7 Å².